The van der Waals surface area contributed by atoms with Crippen LogP contribution in [0.15, 0.2) is 78.1 Å². The van der Waals surface area contributed by atoms with Crippen molar-refractivity contribution in [2.75, 3.05) is 12.4 Å². The fourth-order valence-electron chi connectivity index (χ4n) is 4.59. The van der Waals surface area contributed by atoms with E-state index in [1.54, 1.807) is 27.0 Å². The highest BCUT2D eigenvalue weighted by Gasteiger charge is 2.42. The average Bonchev–Trinajstić information content (AvgIpc) is 3.21. The summed E-state index contributed by atoms with van der Waals surface area (Å²) in [4.78, 5) is 34.4. The number of pyridine rings is 1. The molecule has 8 nitrogen and oxygen atoms in total. The first-order valence-corrected chi connectivity index (χ1v) is 12.5. The molecule has 1 aliphatic heterocycles. The molecule has 1 unspecified atom stereocenters. The fraction of sp³-hybridized carbons (Fsp3) is 0.172. The SMILES string of the molecule is CNC(C)C(=O)Nc1ncc(-c2ccc(F)cc2)n(Cc2cncc([N@+]3(F)C=C(C)c4cc(F)ccc43)c2)c1=O. The maximum atomic E-state index is 16.4. The first-order chi connectivity index (χ1) is 19.1. The highest BCUT2D eigenvalue weighted by atomic mass is 19.2. The molecule has 1 aliphatic rings. The van der Waals surface area contributed by atoms with Crippen LogP contribution < -0.4 is 20.9 Å². The molecule has 4 aromatic rings. The van der Waals surface area contributed by atoms with Crippen molar-refractivity contribution in [2.45, 2.75) is 26.4 Å². The number of rotatable bonds is 7. The lowest BCUT2D eigenvalue weighted by Gasteiger charge is -2.19. The van der Waals surface area contributed by atoms with E-state index in [1.807, 2.05) is 0 Å². The molecule has 0 spiro atoms. The van der Waals surface area contributed by atoms with Crippen LogP contribution in [0, 0.1) is 11.6 Å². The molecule has 11 heteroatoms. The summed E-state index contributed by atoms with van der Waals surface area (Å²) in [5.41, 5.74) is 2.17. The molecule has 40 heavy (non-hydrogen) atoms. The van der Waals surface area contributed by atoms with E-state index in [0.717, 1.165) is 0 Å². The molecule has 2 atom stereocenters. The number of carbonyl (C=O) groups is 1. The van der Waals surface area contributed by atoms with Crippen molar-refractivity contribution in [3.05, 3.63) is 106 Å². The molecular weight excluding hydrogens is 521 g/mol. The van der Waals surface area contributed by atoms with Crippen LogP contribution in [0.25, 0.3) is 16.8 Å². The first-order valence-electron chi connectivity index (χ1n) is 12.5. The number of amides is 1. The van der Waals surface area contributed by atoms with Crippen LogP contribution in [0.2, 0.25) is 0 Å². The van der Waals surface area contributed by atoms with E-state index in [-0.39, 0.29) is 23.7 Å². The Morgan fingerprint density at radius 2 is 1.77 bits per heavy atom. The van der Waals surface area contributed by atoms with E-state index in [1.165, 1.54) is 71.8 Å². The van der Waals surface area contributed by atoms with Gasteiger partial charge in [0.1, 0.15) is 17.8 Å². The molecule has 0 aliphatic carbocycles. The second kappa shape index (κ2) is 10.5. The molecule has 2 N–H and O–H groups in total. The molecule has 5 rings (SSSR count). The van der Waals surface area contributed by atoms with Crippen LogP contribution in [0.5, 0.6) is 0 Å². The predicted molar refractivity (Wildman–Crippen MR) is 147 cm³/mol. The van der Waals surface area contributed by atoms with Gasteiger partial charge in [0, 0.05) is 33.9 Å². The molecular formula is C29H26F3N6O2+. The maximum Gasteiger partial charge on any atom is 0.294 e. The lowest BCUT2D eigenvalue weighted by atomic mass is 10.1. The van der Waals surface area contributed by atoms with Crippen LogP contribution in [0.1, 0.15) is 25.0 Å². The zero-order chi connectivity index (χ0) is 28.6. The summed E-state index contributed by atoms with van der Waals surface area (Å²) in [5.74, 6) is -1.56. The Bertz CT molecular complexity index is 1700. The number of hydrogen-bond acceptors (Lipinski definition) is 5. The normalized spacial score (nSPS) is 16.8. The minimum atomic E-state index is -1.22. The molecule has 0 bridgehead atoms. The quantitative estimate of drug-likeness (QED) is 0.315. The van der Waals surface area contributed by atoms with Crippen LogP contribution in [0.3, 0.4) is 0 Å². The van der Waals surface area contributed by atoms with Gasteiger partial charge in [-0.1, -0.05) is 0 Å². The number of carbonyl (C=O) groups excluding carboxylic acids is 1. The number of likely N-dealkylation sites (N-methyl/N-ethyl adjacent to an activating group) is 1. The third-order valence-corrected chi connectivity index (χ3v) is 6.86. The van der Waals surface area contributed by atoms with Crippen molar-refractivity contribution in [2.24, 2.45) is 0 Å². The molecule has 3 heterocycles. The Hall–Kier alpha value is -4.61. The van der Waals surface area contributed by atoms with Crippen LogP contribution in [-0.2, 0) is 11.3 Å². The number of halogens is 3. The summed E-state index contributed by atoms with van der Waals surface area (Å²) in [5, 5.41) is 5.33. The first kappa shape index (κ1) is 27.0. The summed E-state index contributed by atoms with van der Waals surface area (Å²) < 4.78 is 44.1. The van der Waals surface area contributed by atoms with Gasteiger partial charge in [0.05, 0.1) is 36.2 Å². The number of aromatic nitrogens is 3. The fourth-order valence-corrected chi connectivity index (χ4v) is 4.59. The van der Waals surface area contributed by atoms with E-state index in [4.69, 9.17) is 0 Å². The second-order valence-corrected chi connectivity index (χ2v) is 9.55. The standard InChI is InChI=1S/C29H25F3N6O2/c1-17-16-38(32,26-9-8-22(31)11-24(17)26)23-10-19(12-34-13-23)15-37-25(20-4-6-21(30)7-5-20)14-35-27(29(37)40)36-28(39)18(2)33-3/h4-14,16,18,33H,15H2,1-3H3/p+1/t18?,38-/m1/s1. The number of anilines is 1. The van der Waals surface area contributed by atoms with Crippen molar-refractivity contribution in [3.63, 3.8) is 0 Å². The Morgan fingerprint density at radius 1 is 1.05 bits per heavy atom. The van der Waals surface area contributed by atoms with Gasteiger partial charge >= 0.3 is 0 Å². The lowest BCUT2D eigenvalue weighted by Crippen LogP contribution is -2.38. The van der Waals surface area contributed by atoms with Crippen molar-refractivity contribution >= 4 is 28.7 Å². The van der Waals surface area contributed by atoms with Crippen LogP contribution >= 0.6 is 0 Å². The van der Waals surface area contributed by atoms with Crippen LogP contribution in [-0.4, -0.2) is 33.5 Å². The van der Waals surface area contributed by atoms with Gasteiger partial charge < -0.3 is 10.6 Å². The number of fused-ring (bicyclic) bond motifs is 1. The minimum absolute atomic E-state index is 0.0572. The Morgan fingerprint density at radius 3 is 2.50 bits per heavy atom. The molecule has 0 saturated carbocycles. The van der Waals surface area contributed by atoms with Gasteiger partial charge in [-0.05, 0) is 67.6 Å². The molecule has 0 saturated heterocycles. The van der Waals surface area contributed by atoms with Gasteiger partial charge in [-0.3, -0.25) is 19.1 Å². The van der Waals surface area contributed by atoms with Crippen molar-refractivity contribution in [1.82, 2.24) is 24.6 Å². The van der Waals surface area contributed by atoms with Crippen molar-refractivity contribution < 1.29 is 18.1 Å². The van der Waals surface area contributed by atoms with Crippen LogP contribution in [0.4, 0.5) is 30.5 Å². The molecule has 0 fully saturated rings. The van der Waals surface area contributed by atoms with Gasteiger partial charge in [-0.25, -0.2) is 13.8 Å². The summed E-state index contributed by atoms with van der Waals surface area (Å²) in [6.45, 7) is 3.28. The number of allylic oxidation sites excluding steroid dienone is 1. The topological polar surface area (TPSA) is 88.9 Å². The third kappa shape index (κ3) is 4.92. The van der Waals surface area contributed by atoms with Gasteiger partial charge in [0.2, 0.25) is 5.91 Å². The van der Waals surface area contributed by atoms with Gasteiger partial charge in [0.25, 0.3) is 5.56 Å². The highest BCUT2D eigenvalue weighted by Crippen LogP contribution is 2.47. The highest BCUT2D eigenvalue weighted by molar-refractivity contribution is 5.93. The number of nitrogens with zero attached hydrogens (tertiary/aromatic N) is 4. The number of benzene rings is 2. The van der Waals surface area contributed by atoms with Gasteiger partial charge in [-0.15, -0.1) is 0 Å². The maximum absolute atomic E-state index is 16.4. The lowest BCUT2D eigenvalue weighted by molar-refractivity contribution is -0.117. The monoisotopic (exact) mass is 547 g/mol. The van der Waals surface area contributed by atoms with Crippen molar-refractivity contribution in [3.8, 4) is 11.3 Å². The zero-order valence-corrected chi connectivity index (χ0v) is 22.0. The third-order valence-electron chi connectivity index (χ3n) is 6.86. The van der Waals surface area contributed by atoms with Crippen molar-refractivity contribution in [1.29, 1.82) is 0 Å². The smallest absolute Gasteiger partial charge is 0.294 e. The summed E-state index contributed by atoms with van der Waals surface area (Å²) in [6, 6.07) is 10.4. The Balaban J connectivity index is 1.58. The minimum Gasteiger partial charge on any atom is -0.309 e. The van der Waals surface area contributed by atoms with E-state index in [9.17, 15) is 18.4 Å². The van der Waals surface area contributed by atoms with Gasteiger partial charge in [0.15, 0.2) is 17.2 Å². The molecule has 2 aromatic carbocycles. The second-order valence-electron chi connectivity index (χ2n) is 9.55. The molecule has 204 valence electrons. The summed E-state index contributed by atoms with van der Waals surface area (Å²) >= 11 is 0. The predicted octanol–water partition coefficient (Wildman–Crippen LogP) is 5.08. The Labute approximate surface area is 228 Å². The van der Waals surface area contributed by atoms with E-state index < -0.39 is 33.8 Å². The number of quaternary nitrogens is 1. The summed E-state index contributed by atoms with van der Waals surface area (Å²) in [7, 11) is 1.61. The molecule has 2 aromatic heterocycles. The zero-order valence-electron chi connectivity index (χ0n) is 22.0. The summed E-state index contributed by atoms with van der Waals surface area (Å²) in [6.07, 6.45) is 5.64. The molecule has 0 radical (unpaired) electrons. The molecule has 1 amide bonds. The van der Waals surface area contributed by atoms with E-state index in [2.05, 4.69) is 20.6 Å². The van der Waals surface area contributed by atoms with Gasteiger partial charge in [-0.2, -0.15) is 0 Å². The van der Waals surface area contributed by atoms with E-state index in [0.29, 0.717) is 28.0 Å². The largest absolute Gasteiger partial charge is 0.309 e. The van der Waals surface area contributed by atoms with E-state index >= 15 is 4.48 Å². The Kier molecular flexibility index (Phi) is 7.09. The number of hydrogen-bond donors (Lipinski definition) is 2. The average molecular weight is 548 g/mol. The number of nitrogens with one attached hydrogen (secondary N) is 2.